The number of ether oxygens (including phenoxy) is 1. The van der Waals surface area contributed by atoms with Crippen molar-refractivity contribution in [2.24, 2.45) is 13.0 Å². The van der Waals surface area contributed by atoms with E-state index in [-0.39, 0.29) is 11.8 Å². The highest BCUT2D eigenvalue weighted by Crippen LogP contribution is 2.32. The molecule has 2 aliphatic heterocycles. The second kappa shape index (κ2) is 8.03. The summed E-state index contributed by atoms with van der Waals surface area (Å²) in [5.74, 6) is 0.967. The van der Waals surface area contributed by atoms with Gasteiger partial charge in [-0.15, -0.1) is 0 Å². The van der Waals surface area contributed by atoms with Crippen LogP contribution in [0.3, 0.4) is 0 Å². The number of aryl methyl sites for hydroxylation is 1. The van der Waals surface area contributed by atoms with Crippen molar-refractivity contribution in [2.45, 2.75) is 6.42 Å². The lowest BCUT2D eigenvalue weighted by Gasteiger charge is -2.29. The molecule has 0 aliphatic carbocycles. The molecule has 8 nitrogen and oxygen atoms in total. The number of hydrogen-bond donors (Lipinski definition) is 2. The van der Waals surface area contributed by atoms with Gasteiger partial charge in [0.05, 0.1) is 17.5 Å². The van der Waals surface area contributed by atoms with Gasteiger partial charge in [0.15, 0.2) is 0 Å². The molecule has 4 heterocycles. The fourth-order valence-corrected chi connectivity index (χ4v) is 4.16. The Bertz CT molecular complexity index is 1130. The van der Waals surface area contributed by atoms with Gasteiger partial charge in [0.25, 0.3) is 0 Å². The van der Waals surface area contributed by atoms with Gasteiger partial charge < -0.3 is 24.8 Å². The minimum Gasteiger partial charge on any atom is -0.442 e. The summed E-state index contributed by atoms with van der Waals surface area (Å²) in [5, 5.41) is 6.20. The Hall–Kier alpha value is -3.39. The summed E-state index contributed by atoms with van der Waals surface area (Å²) in [6.45, 7) is 8.63. The number of imidazole rings is 1. The van der Waals surface area contributed by atoms with E-state index in [0.29, 0.717) is 24.6 Å². The average molecular weight is 419 g/mol. The molecular formula is C23H26N6O2. The summed E-state index contributed by atoms with van der Waals surface area (Å²) >= 11 is 0. The Morgan fingerprint density at radius 1 is 1.23 bits per heavy atom. The number of benzene rings is 1. The van der Waals surface area contributed by atoms with Crippen LogP contribution < -0.4 is 20.3 Å². The van der Waals surface area contributed by atoms with Crippen molar-refractivity contribution in [1.29, 1.82) is 0 Å². The van der Waals surface area contributed by atoms with Crippen molar-refractivity contribution in [2.75, 3.05) is 37.6 Å². The molecule has 0 bridgehead atoms. The Morgan fingerprint density at radius 3 is 2.71 bits per heavy atom. The van der Waals surface area contributed by atoms with Crippen LogP contribution in [0, 0.1) is 5.92 Å². The lowest BCUT2D eigenvalue weighted by atomic mass is 10.1. The standard InChI is InChI=1S/C23H26N6O2/c1-15(17-11-21(30)25-13-17)31-23-22-20(26-14-28(22)2)12-19(27-23)16-3-5-18(6-4-16)29-9-7-24-8-10-29/h3-6,12,14,17,24H,1,7-11,13H2,2H3,(H,25,30)/t17-/m1/s1. The topological polar surface area (TPSA) is 84.3 Å². The second-order valence-corrected chi connectivity index (χ2v) is 8.09. The summed E-state index contributed by atoms with van der Waals surface area (Å²) in [5.41, 5.74) is 4.62. The van der Waals surface area contributed by atoms with E-state index < -0.39 is 0 Å². The molecule has 0 saturated carbocycles. The molecule has 3 aromatic rings. The first-order chi connectivity index (χ1) is 15.1. The highest BCUT2D eigenvalue weighted by molar-refractivity contribution is 5.85. The third kappa shape index (κ3) is 3.86. The molecular weight excluding hydrogens is 392 g/mol. The number of hydrogen-bond acceptors (Lipinski definition) is 6. The average Bonchev–Trinajstić information content (AvgIpc) is 3.40. The molecule has 2 N–H and O–H groups in total. The van der Waals surface area contributed by atoms with E-state index in [2.05, 4.69) is 51.4 Å². The molecule has 31 heavy (non-hydrogen) atoms. The maximum atomic E-state index is 11.6. The Labute approximate surface area is 180 Å². The van der Waals surface area contributed by atoms with E-state index in [1.807, 2.05) is 17.7 Å². The zero-order chi connectivity index (χ0) is 21.4. The number of nitrogens with zero attached hydrogens (tertiary/aromatic N) is 4. The molecule has 1 amide bonds. The molecule has 0 unspecified atom stereocenters. The zero-order valence-corrected chi connectivity index (χ0v) is 17.6. The fourth-order valence-electron chi connectivity index (χ4n) is 4.16. The van der Waals surface area contributed by atoms with Crippen LogP contribution in [0.2, 0.25) is 0 Å². The lowest BCUT2D eigenvalue weighted by molar-refractivity contribution is -0.119. The predicted molar refractivity (Wildman–Crippen MR) is 120 cm³/mol. The van der Waals surface area contributed by atoms with Crippen LogP contribution in [0.5, 0.6) is 5.88 Å². The SMILES string of the molecule is C=C(Oc1nc(-c2ccc(N3CCNCC3)cc2)cc2ncn(C)c12)[C@H]1CNC(=O)C1. The normalized spacial score (nSPS) is 18.9. The highest BCUT2D eigenvalue weighted by Gasteiger charge is 2.26. The monoisotopic (exact) mass is 418 g/mol. The van der Waals surface area contributed by atoms with E-state index in [0.717, 1.165) is 48.5 Å². The summed E-state index contributed by atoms with van der Waals surface area (Å²) in [6, 6.07) is 10.4. The van der Waals surface area contributed by atoms with Gasteiger partial charge in [-0.3, -0.25) is 4.79 Å². The van der Waals surface area contributed by atoms with Crippen molar-refractivity contribution >= 4 is 22.6 Å². The van der Waals surface area contributed by atoms with Gasteiger partial charge in [-0.2, -0.15) is 0 Å². The maximum Gasteiger partial charge on any atom is 0.246 e. The smallest absolute Gasteiger partial charge is 0.246 e. The number of rotatable bonds is 5. The van der Waals surface area contributed by atoms with Crippen LogP contribution in [0.4, 0.5) is 5.69 Å². The third-order valence-electron chi connectivity index (χ3n) is 5.97. The Kier molecular flexibility index (Phi) is 5.07. The number of pyridine rings is 1. The van der Waals surface area contributed by atoms with Gasteiger partial charge in [-0.05, 0) is 18.2 Å². The van der Waals surface area contributed by atoms with E-state index >= 15 is 0 Å². The highest BCUT2D eigenvalue weighted by atomic mass is 16.5. The molecule has 0 spiro atoms. The first-order valence-electron chi connectivity index (χ1n) is 10.6. The van der Waals surface area contributed by atoms with Crippen molar-refractivity contribution in [1.82, 2.24) is 25.2 Å². The number of carbonyl (C=O) groups is 1. The van der Waals surface area contributed by atoms with Crippen LogP contribution in [0.15, 0.2) is 49.0 Å². The molecule has 0 radical (unpaired) electrons. The lowest BCUT2D eigenvalue weighted by Crippen LogP contribution is -2.43. The second-order valence-electron chi connectivity index (χ2n) is 8.09. The van der Waals surface area contributed by atoms with Gasteiger partial charge in [0.1, 0.15) is 11.3 Å². The van der Waals surface area contributed by atoms with Gasteiger partial charge in [0.2, 0.25) is 11.8 Å². The fraction of sp³-hybridized carbons (Fsp3) is 0.348. The summed E-state index contributed by atoms with van der Waals surface area (Å²) < 4.78 is 8.00. The van der Waals surface area contributed by atoms with E-state index in [4.69, 9.17) is 9.72 Å². The molecule has 2 aromatic heterocycles. The minimum atomic E-state index is -0.0560. The largest absolute Gasteiger partial charge is 0.442 e. The van der Waals surface area contributed by atoms with Crippen molar-refractivity contribution in [3.8, 4) is 17.1 Å². The van der Waals surface area contributed by atoms with Crippen molar-refractivity contribution in [3.63, 3.8) is 0 Å². The van der Waals surface area contributed by atoms with Gasteiger partial charge >= 0.3 is 0 Å². The van der Waals surface area contributed by atoms with Crippen LogP contribution in [-0.4, -0.2) is 53.2 Å². The van der Waals surface area contributed by atoms with Crippen molar-refractivity contribution < 1.29 is 9.53 Å². The van der Waals surface area contributed by atoms with Gasteiger partial charge in [-0.1, -0.05) is 18.7 Å². The number of aromatic nitrogens is 3. The molecule has 2 fully saturated rings. The Morgan fingerprint density at radius 2 is 2.00 bits per heavy atom. The first kappa shape index (κ1) is 19.6. The minimum absolute atomic E-state index is 0.0201. The zero-order valence-electron chi connectivity index (χ0n) is 17.6. The molecule has 1 atom stereocenters. The number of anilines is 1. The molecule has 160 valence electrons. The van der Waals surface area contributed by atoms with Crippen LogP contribution in [0.1, 0.15) is 6.42 Å². The van der Waals surface area contributed by atoms with Crippen molar-refractivity contribution in [3.05, 3.63) is 49.0 Å². The van der Waals surface area contributed by atoms with Crippen LogP contribution in [-0.2, 0) is 11.8 Å². The molecule has 8 heteroatoms. The summed E-state index contributed by atoms with van der Waals surface area (Å²) in [7, 11) is 1.91. The quantitative estimate of drug-likeness (QED) is 0.617. The Balaban J connectivity index is 1.45. The maximum absolute atomic E-state index is 11.6. The summed E-state index contributed by atoms with van der Waals surface area (Å²) in [4.78, 5) is 23.3. The molecule has 2 aliphatic rings. The van der Waals surface area contributed by atoms with Crippen LogP contribution >= 0.6 is 0 Å². The first-order valence-corrected chi connectivity index (χ1v) is 10.6. The molecule has 2 saturated heterocycles. The number of nitrogens with one attached hydrogen (secondary N) is 2. The number of amides is 1. The van der Waals surface area contributed by atoms with E-state index in [1.54, 1.807) is 6.33 Å². The number of fused-ring (bicyclic) bond motifs is 1. The third-order valence-corrected chi connectivity index (χ3v) is 5.97. The predicted octanol–water partition coefficient (Wildman–Crippen LogP) is 2.07. The summed E-state index contributed by atoms with van der Waals surface area (Å²) in [6.07, 6.45) is 2.14. The molecule has 5 rings (SSSR count). The molecule has 1 aromatic carbocycles. The van der Waals surface area contributed by atoms with Gasteiger partial charge in [0, 0.05) is 63.4 Å². The number of piperazine rings is 1. The van der Waals surface area contributed by atoms with Crippen LogP contribution in [0.25, 0.3) is 22.3 Å². The van der Waals surface area contributed by atoms with E-state index in [1.165, 1.54) is 5.69 Å². The van der Waals surface area contributed by atoms with E-state index in [9.17, 15) is 4.79 Å². The van der Waals surface area contributed by atoms with Gasteiger partial charge in [-0.25, -0.2) is 9.97 Å². The number of carbonyl (C=O) groups excluding carboxylic acids is 1.